The summed E-state index contributed by atoms with van der Waals surface area (Å²) in [5.41, 5.74) is 3.30. The molecule has 2 aromatic heterocycles. The first-order valence-corrected chi connectivity index (χ1v) is 8.67. The van der Waals surface area contributed by atoms with Gasteiger partial charge in [-0.2, -0.15) is 10.2 Å². The maximum atomic E-state index is 13.7. The van der Waals surface area contributed by atoms with Crippen molar-refractivity contribution >= 4 is 23.0 Å². The van der Waals surface area contributed by atoms with Crippen LogP contribution < -0.4 is 4.90 Å². The Kier molecular flexibility index (Phi) is 5.02. The van der Waals surface area contributed by atoms with Gasteiger partial charge in [0.2, 0.25) is 0 Å². The molecule has 0 amide bonds. The van der Waals surface area contributed by atoms with Gasteiger partial charge in [-0.25, -0.2) is 4.39 Å². The number of benzene rings is 1. The smallest absolute Gasteiger partial charge is 0.174 e. The molecule has 0 fully saturated rings. The molecule has 0 aliphatic heterocycles. The molecular formula is C18H21ClFN5O. The molecule has 1 N–H and O–H groups in total. The van der Waals surface area contributed by atoms with Crippen molar-refractivity contribution in [2.75, 3.05) is 11.9 Å². The second-order valence-corrected chi connectivity index (χ2v) is 6.52. The molecule has 138 valence electrons. The van der Waals surface area contributed by atoms with E-state index in [4.69, 9.17) is 11.6 Å². The third kappa shape index (κ3) is 3.32. The Balaban J connectivity index is 2.14. The predicted octanol–water partition coefficient (Wildman–Crippen LogP) is 3.92. The van der Waals surface area contributed by atoms with Gasteiger partial charge in [0.1, 0.15) is 11.5 Å². The van der Waals surface area contributed by atoms with Crippen LogP contribution in [0, 0.1) is 5.82 Å². The second kappa shape index (κ2) is 7.09. The Morgan fingerprint density at radius 1 is 1.27 bits per heavy atom. The van der Waals surface area contributed by atoms with Gasteiger partial charge >= 0.3 is 0 Å². The molecule has 0 radical (unpaired) electrons. The van der Waals surface area contributed by atoms with Crippen molar-refractivity contribution in [2.45, 2.75) is 26.5 Å². The molecule has 0 spiro atoms. The van der Waals surface area contributed by atoms with E-state index in [1.54, 1.807) is 22.4 Å². The fraction of sp³-hybridized carbons (Fsp3) is 0.333. The maximum absolute atomic E-state index is 13.7. The highest BCUT2D eigenvalue weighted by Crippen LogP contribution is 2.38. The molecule has 0 unspecified atom stereocenters. The molecule has 0 aliphatic rings. The highest BCUT2D eigenvalue weighted by Gasteiger charge is 2.22. The number of halogens is 2. The average molecular weight is 378 g/mol. The average Bonchev–Trinajstić information content (AvgIpc) is 3.16. The first-order chi connectivity index (χ1) is 12.3. The van der Waals surface area contributed by atoms with E-state index in [1.807, 2.05) is 38.3 Å². The van der Waals surface area contributed by atoms with Crippen LogP contribution in [0.3, 0.4) is 0 Å². The molecule has 0 bridgehead atoms. The molecule has 0 saturated carbocycles. The van der Waals surface area contributed by atoms with Gasteiger partial charge < -0.3 is 10.0 Å². The molecule has 3 aromatic rings. The van der Waals surface area contributed by atoms with Gasteiger partial charge in [0.05, 0.1) is 23.7 Å². The Bertz CT molecular complexity index is 934. The van der Waals surface area contributed by atoms with E-state index < -0.39 is 11.9 Å². The number of aliphatic hydroxyl groups is 1. The minimum absolute atomic E-state index is 0.388. The minimum atomic E-state index is -0.827. The van der Waals surface area contributed by atoms with Crippen molar-refractivity contribution in [1.29, 1.82) is 0 Å². The monoisotopic (exact) mass is 377 g/mol. The minimum Gasteiger partial charge on any atom is -0.389 e. The van der Waals surface area contributed by atoms with Gasteiger partial charge in [0.15, 0.2) is 5.15 Å². The molecule has 1 atom stereocenters. The number of aromatic nitrogens is 4. The molecule has 2 heterocycles. The zero-order chi connectivity index (χ0) is 19.0. The van der Waals surface area contributed by atoms with Crippen molar-refractivity contribution in [3.05, 3.63) is 47.1 Å². The molecule has 0 saturated heterocycles. The first-order valence-electron chi connectivity index (χ1n) is 8.30. The molecule has 0 aliphatic carbocycles. The molecule has 26 heavy (non-hydrogen) atoms. The van der Waals surface area contributed by atoms with Crippen LogP contribution in [0.15, 0.2) is 30.6 Å². The number of hydrogen-bond acceptors (Lipinski definition) is 4. The van der Waals surface area contributed by atoms with Crippen molar-refractivity contribution in [1.82, 2.24) is 19.6 Å². The van der Waals surface area contributed by atoms with E-state index >= 15 is 0 Å². The second-order valence-electron chi connectivity index (χ2n) is 6.16. The summed E-state index contributed by atoms with van der Waals surface area (Å²) in [5, 5.41) is 19.3. The van der Waals surface area contributed by atoms with Crippen molar-refractivity contribution in [2.24, 2.45) is 7.05 Å². The molecule has 8 heteroatoms. The number of anilines is 2. The predicted molar refractivity (Wildman–Crippen MR) is 100 cm³/mol. The van der Waals surface area contributed by atoms with Gasteiger partial charge in [0.25, 0.3) is 0 Å². The summed E-state index contributed by atoms with van der Waals surface area (Å²) in [6.45, 7) is 4.29. The normalized spacial score (nSPS) is 12.4. The van der Waals surface area contributed by atoms with Gasteiger partial charge in [-0.15, -0.1) is 0 Å². The number of aryl methyl sites for hydroxylation is 2. The van der Waals surface area contributed by atoms with Crippen LogP contribution in [-0.2, 0) is 13.6 Å². The fourth-order valence-electron chi connectivity index (χ4n) is 2.91. The zero-order valence-corrected chi connectivity index (χ0v) is 15.9. The molecule has 1 aromatic carbocycles. The Morgan fingerprint density at radius 2 is 2.00 bits per heavy atom. The van der Waals surface area contributed by atoms with Crippen molar-refractivity contribution in [3.8, 4) is 11.3 Å². The Hall–Kier alpha value is -2.38. The third-order valence-electron chi connectivity index (χ3n) is 4.27. The van der Waals surface area contributed by atoms with E-state index in [0.717, 1.165) is 11.4 Å². The summed E-state index contributed by atoms with van der Waals surface area (Å²) < 4.78 is 17.1. The largest absolute Gasteiger partial charge is 0.389 e. The van der Waals surface area contributed by atoms with E-state index in [1.165, 1.54) is 12.1 Å². The highest BCUT2D eigenvalue weighted by molar-refractivity contribution is 6.32. The standard InChI is InChI=1S/C18H21ClFN5O/c1-5-25-10-16(18(19)22-25)24(4)15-9-23(3)21-17(15)13-7-6-12(20)8-14(13)11(2)26/h6-11,26H,5H2,1-4H3/t11-/m1/s1. The van der Waals surface area contributed by atoms with Crippen LogP contribution in [0.5, 0.6) is 0 Å². The van der Waals surface area contributed by atoms with E-state index in [2.05, 4.69) is 10.2 Å². The van der Waals surface area contributed by atoms with Crippen LogP contribution in [0.4, 0.5) is 15.8 Å². The van der Waals surface area contributed by atoms with Crippen LogP contribution >= 0.6 is 11.6 Å². The van der Waals surface area contributed by atoms with E-state index in [-0.39, 0.29) is 0 Å². The van der Waals surface area contributed by atoms with Gasteiger partial charge in [-0.05, 0) is 37.6 Å². The molecular weight excluding hydrogens is 357 g/mol. The number of hydrogen-bond donors (Lipinski definition) is 1. The summed E-state index contributed by atoms with van der Waals surface area (Å²) in [6.07, 6.45) is 2.89. The zero-order valence-electron chi connectivity index (χ0n) is 15.1. The Morgan fingerprint density at radius 3 is 2.62 bits per heavy atom. The Labute approximate surface area is 156 Å². The third-order valence-corrected chi connectivity index (χ3v) is 4.54. The van der Waals surface area contributed by atoms with Gasteiger partial charge in [-0.3, -0.25) is 9.36 Å². The van der Waals surface area contributed by atoms with Gasteiger partial charge in [-0.1, -0.05) is 11.6 Å². The van der Waals surface area contributed by atoms with Crippen LogP contribution in [0.25, 0.3) is 11.3 Å². The highest BCUT2D eigenvalue weighted by atomic mass is 35.5. The lowest BCUT2D eigenvalue weighted by atomic mass is 9.99. The molecule has 6 nitrogen and oxygen atoms in total. The fourth-order valence-corrected chi connectivity index (χ4v) is 3.18. The lowest BCUT2D eigenvalue weighted by Gasteiger charge is -2.19. The molecule has 3 rings (SSSR count). The van der Waals surface area contributed by atoms with Crippen LogP contribution in [0.2, 0.25) is 5.15 Å². The maximum Gasteiger partial charge on any atom is 0.174 e. The van der Waals surface area contributed by atoms with Crippen LogP contribution in [0.1, 0.15) is 25.5 Å². The van der Waals surface area contributed by atoms with Crippen molar-refractivity contribution in [3.63, 3.8) is 0 Å². The van der Waals surface area contributed by atoms with E-state index in [0.29, 0.717) is 28.5 Å². The lowest BCUT2D eigenvalue weighted by molar-refractivity contribution is 0.199. The van der Waals surface area contributed by atoms with Crippen LogP contribution in [-0.4, -0.2) is 31.7 Å². The summed E-state index contributed by atoms with van der Waals surface area (Å²) in [4.78, 5) is 1.89. The summed E-state index contributed by atoms with van der Waals surface area (Å²) in [5.74, 6) is -0.400. The van der Waals surface area contributed by atoms with Crippen molar-refractivity contribution < 1.29 is 9.50 Å². The number of nitrogens with zero attached hydrogens (tertiary/aromatic N) is 5. The van der Waals surface area contributed by atoms with E-state index in [9.17, 15) is 9.50 Å². The SMILES string of the molecule is CCn1cc(N(C)c2cn(C)nc2-c2ccc(F)cc2[C@@H](C)O)c(Cl)n1. The quantitative estimate of drug-likeness (QED) is 0.732. The topological polar surface area (TPSA) is 59.1 Å². The summed E-state index contributed by atoms with van der Waals surface area (Å²) in [6, 6.07) is 4.33. The lowest BCUT2D eigenvalue weighted by Crippen LogP contribution is -2.10. The first kappa shape index (κ1) is 18.4. The number of rotatable bonds is 5. The number of aliphatic hydroxyl groups excluding tert-OH is 1. The summed E-state index contributed by atoms with van der Waals surface area (Å²) in [7, 11) is 3.68. The van der Waals surface area contributed by atoms with Gasteiger partial charge in [0, 0.05) is 32.4 Å². The summed E-state index contributed by atoms with van der Waals surface area (Å²) >= 11 is 6.29.